The largest absolute Gasteiger partial charge is 0.474 e. The van der Waals surface area contributed by atoms with Crippen molar-refractivity contribution in [2.45, 2.75) is 50.4 Å². The van der Waals surface area contributed by atoms with Gasteiger partial charge < -0.3 is 25.3 Å². The molecule has 1 aromatic heterocycles. The van der Waals surface area contributed by atoms with Crippen LogP contribution in [-0.4, -0.2) is 49.9 Å². The predicted octanol–water partition coefficient (Wildman–Crippen LogP) is 5.22. The Morgan fingerprint density at radius 2 is 1.88 bits per heavy atom. The second kappa shape index (κ2) is 14.1. The lowest BCUT2D eigenvalue weighted by Crippen LogP contribution is -2.33. The number of ether oxygens (including phenoxy) is 3. The van der Waals surface area contributed by atoms with Crippen LogP contribution in [0.2, 0.25) is 0 Å². The molecule has 1 atom stereocenters. The summed E-state index contributed by atoms with van der Waals surface area (Å²) in [4.78, 5) is 16.8. The molecule has 1 saturated carbocycles. The molecule has 34 heavy (non-hydrogen) atoms. The molecule has 2 amide bonds. The first kappa shape index (κ1) is 27.8. The fourth-order valence-corrected chi connectivity index (χ4v) is 3.90. The summed E-state index contributed by atoms with van der Waals surface area (Å²) < 4.78 is 16.4. The Morgan fingerprint density at radius 3 is 2.50 bits per heavy atom. The zero-order chi connectivity index (χ0) is 23.6. The van der Waals surface area contributed by atoms with Crippen molar-refractivity contribution < 1.29 is 23.3 Å². The van der Waals surface area contributed by atoms with Gasteiger partial charge in [0.2, 0.25) is 5.90 Å². The van der Waals surface area contributed by atoms with Crippen molar-refractivity contribution in [3.8, 4) is 0 Å². The molecule has 192 valence electrons. The number of urea groups is 1. The van der Waals surface area contributed by atoms with E-state index >= 15 is 0 Å². The van der Waals surface area contributed by atoms with E-state index in [0.29, 0.717) is 30.1 Å². The van der Waals surface area contributed by atoms with Gasteiger partial charge in [0.05, 0.1) is 17.7 Å². The van der Waals surface area contributed by atoms with Crippen LogP contribution in [0.1, 0.15) is 53.6 Å². The van der Waals surface area contributed by atoms with Crippen molar-refractivity contribution in [3.05, 3.63) is 53.7 Å². The minimum Gasteiger partial charge on any atom is -0.474 e. The number of carbonyl (C=O) groups excluding carboxylic acids is 1. The molecule has 3 rings (SSSR count). The predicted molar refractivity (Wildman–Crippen MR) is 149 cm³/mol. The first-order valence-electron chi connectivity index (χ1n) is 11.2. The van der Waals surface area contributed by atoms with E-state index in [4.69, 9.17) is 25.4 Å². The van der Waals surface area contributed by atoms with Crippen LogP contribution in [0.5, 0.6) is 0 Å². The molecule has 5 N–H and O–H groups in total. The maximum atomic E-state index is 12.6. The highest BCUT2D eigenvalue weighted by atomic mass is 127. The zero-order valence-electron chi connectivity index (χ0n) is 19.6. The molecule has 0 saturated heterocycles. The number of aromatic nitrogens is 1. The Morgan fingerprint density at radius 1 is 1.21 bits per heavy atom. The lowest BCUT2D eigenvalue weighted by molar-refractivity contribution is 0.0290. The van der Waals surface area contributed by atoms with Gasteiger partial charge in [-0.1, -0.05) is 30.3 Å². The molecule has 1 aliphatic carbocycles. The van der Waals surface area contributed by atoms with E-state index in [9.17, 15) is 4.79 Å². The molecule has 1 heterocycles. The zero-order valence-corrected chi connectivity index (χ0v) is 21.9. The van der Waals surface area contributed by atoms with Crippen molar-refractivity contribution in [3.63, 3.8) is 0 Å². The standard InChI is InChI=1S/C24H33N5O4.HI.3H2/c1-31-13-12-21(16-6-4-3-5-7-16)28-24(30)29-22-14-20(25)19(15-27-22)23(26)33-18-10-8-17(32-2)9-11-18;;;;/h3-7,14-15,17-18,21,26H,8-13H2,1-2H3,(H4,25,27,28,29,30);4*1H/t17?,18?,21-;;;;/m1..../s1. The van der Waals surface area contributed by atoms with E-state index in [-0.39, 0.29) is 52.4 Å². The number of hydrogen-bond acceptors (Lipinski definition) is 7. The maximum absolute atomic E-state index is 12.6. The molecule has 1 aromatic carbocycles. The third-order valence-corrected chi connectivity index (χ3v) is 5.78. The van der Waals surface area contributed by atoms with E-state index in [0.717, 1.165) is 31.2 Å². The average Bonchev–Trinajstić information content (AvgIpc) is 2.82. The maximum Gasteiger partial charge on any atom is 0.320 e. The first-order chi connectivity index (χ1) is 16.0. The number of halogens is 1. The van der Waals surface area contributed by atoms with Gasteiger partial charge in [0.15, 0.2) is 0 Å². The van der Waals surface area contributed by atoms with Gasteiger partial charge in [0, 0.05) is 43.1 Å². The van der Waals surface area contributed by atoms with Crippen LogP contribution in [0.3, 0.4) is 0 Å². The monoisotopic (exact) mass is 589 g/mol. The first-order valence-corrected chi connectivity index (χ1v) is 11.2. The van der Waals surface area contributed by atoms with Gasteiger partial charge in [-0.25, -0.2) is 9.78 Å². The molecule has 0 spiro atoms. The molecule has 0 bridgehead atoms. The second-order valence-electron chi connectivity index (χ2n) is 8.08. The molecule has 0 unspecified atom stereocenters. The fourth-order valence-electron chi connectivity index (χ4n) is 3.90. The highest BCUT2D eigenvalue weighted by Crippen LogP contribution is 2.25. The molecule has 10 heteroatoms. The van der Waals surface area contributed by atoms with Crippen LogP contribution in [0.15, 0.2) is 42.6 Å². The van der Waals surface area contributed by atoms with Gasteiger partial charge in [-0.2, -0.15) is 0 Å². The van der Waals surface area contributed by atoms with Crippen LogP contribution in [0.4, 0.5) is 16.3 Å². The quantitative estimate of drug-likeness (QED) is 0.180. The van der Waals surface area contributed by atoms with Crippen molar-refractivity contribution in [1.29, 1.82) is 5.41 Å². The highest BCUT2D eigenvalue weighted by Gasteiger charge is 2.24. The lowest BCUT2D eigenvalue weighted by atomic mass is 9.95. The van der Waals surface area contributed by atoms with Gasteiger partial charge in [0.25, 0.3) is 0 Å². The summed E-state index contributed by atoms with van der Waals surface area (Å²) in [7, 11) is 3.35. The van der Waals surface area contributed by atoms with Gasteiger partial charge in [-0.3, -0.25) is 10.7 Å². The van der Waals surface area contributed by atoms with E-state index < -0.39 is 6.03 Å². The SMILES string of the molecule is COCC[C@@H](NC(=O)Nc1cc(N)c(C(=N)OC2CCC(OC)CC2)cn1)c1ccccc1.I.[HH].[HH].[HH]. The normalized spacial score (nSPS) is 18.3. The molecule has 1 aliphatic rings. The number of rotatable bonds is 9. The molecule has 1 fully saturated rings. The van der Waals surface area contributed by atoms with Crippen molar-refractivity contribution in [1.82, 2.24) is 10.3 Å². The smallest absolute Gasteiger partial charge is 0.320 e. The summed E-state index contributed by atoms with van der Waals surface area (Å²) in [5.41, 5.74) is 7.83. The minimum absolute atomic E-state index is 0. The van der Waals surface area contributed by atoms with E-state index in [2.05, 4.69) is 15.6 Å². The number of anilines is 2. The van der Waals surface area contributed by atoms with Crippen LogP contribution in [-0.2, 0) is 14.2 Å². The molecule has 9 nitrogen and oxygen atoms in total. The molecular weight excluding hydrogens is 549 g/mol. The Kier molecular flexibility index (Phi) is 11.5. The summed E-state index contributed by atoms with van der Waals surface area (Å²) in [6.07, 6.45) is 5.80. The Bertz CT molecular complexity index is 938. The molecular formula is C24H40IN5O4. The van der Waals surface area contributed by atoms with Crippen LogP contribution in [0.25, 0.3) is 0 Å². The summed E-state index contributed by atoms with van der Waals surface area (Å²) in [6, 6.07) is 10.6. The number of benzene rings is 1. The van der Waals surface area contributed by atoms with Crippen LogP contribution < -0.4 is 16.4 Å². The number of nitrogens with zero attached hydrogens (tertiary/aromatic N) is 1. The van der Waals surface area contributed by atoms with Crippen LogP contribution >= 0.6 is 24.0 Å². The number of carbonyl (C=O) groups is 1. The molecule has 2 aromatic rings. The fraction of sp³-hybridized carbons (Fsp3) is 0.458. The van der Waals surface area contributed by atoms with Crippen molar-refractivity contribution in [2.75, 3.05) is 31.9 Å². The number of hydrogen-bond donors (Lipinski definition) is 4. The average molecular weight is 590 g/mol. The number of nitrogens with two attached hydrogens (primary N) is 1. The summed E-state index contributed by atoms with van der Waals surface area (Å²) in [5, 5.41) is 13.9. The van der Waals surface area contributed by atoms with Gasteiger partial charge in [0.1, 0.15) is 11.9 Å². The van der Waals surface area contributed by atoms with E-state index in [1.54, 1.807) is 14.2 Å². The Balaban J connectivity index is 0. The number of nitrogen functional groups attached to an aromatic ring is 1. The van der Waals surface area contributed by atoms with Crippen LogP contribution in [0, 0.1) is 5.41 Å². The minimum atomic E-state index is -0.402. The Labute approximate surface area is 222 Å². The highest BCUT2D eigenvalue weighted by molar-refractivity contribution is 14.0. The van der Waals surface area contributed by atoms with Gasteiger partial charge in [-0.15, -0.1) is 24.0 Å². The van der Waals surface area contributed by atoms with E-state index in [1.165, 1.54) is 12.3 Å². The third kappa shape index (κ3) is 8.10. The van der Waals surface area contributed by atoms with Crippen molar-refractivity contribution >= 4 is 47.4 Å². The number of methoxy groups -OCH3 is 2. The van der Waals surface area contributed by atoms with Crippen molar-refractivity contribution in [2.24, 2.45) is 0 Å². The summed E-state index contributed by atoms with van der Waals surface area (Å²) in [5.74, 6) is 0.279. The molecule has 0 aliphatic heterocycles. The topological polar surface area (TPSA) is 132 Å². The van der Waals surface area contributed by atoms with Gasteiger partial charge in [-0.05, 0) is 37.7 Å². The Hall–Kier alpha value is -2.44. The van der Waals surface area contributed by atoms with E-state index in [1.807, 2.05) is 30.3 Å². The second-order valence-corrected chi connectivity index (χ2v) is 8.08. The number of amides is 2. The third-order valence-electron chi connectivity index (χ3n) is 5.78. The van der Waals surface area contributed by atoms with Gasteiger partial charge >= 0.3 is 6.03 Å². The summed E-state index contributed by atoms with van der Waals surface area (Å²) in [6.45, 7) is 0.509. The lowest BCUT2D eigenvalue weighted by Gasteiger charge is -2.28. The molecule has 0 radical (unpaired) electrons. The number of pyridine rings is 1. The number of nitrogens with one attached hydrogen (secondary N) is 3. The summed E-state index contributed by atoms with van der Waals surface area (Å²) >= 11 is 0.